The van der Waals surface area contributed by atoms with Gasteiger partial charge in [0.15, 0.2) is 6.61 Å². The molecule has 0 spiro atoms. The Hall–Kier alpha value is -3.02. The van der Waals surface area contributed by atoms with Crippen molar-refractivity contribution < 1.29 is 19.1 Å². The maximum Gasteiger partial charge on any atom is 0.262 e. The van der Waals surface area contributed by atoms with Crippen molar-refractivity contribution in [2.75, 3.05) is 24.4 Å². The summed E-state index contributed by atoms with van der Waals surface area (Å²) in [6, 6.07) is 14.0. The number of ether oxygens (including phenoxy) is 2. The first kappa shape index (κ1) is 19.3. The molecule has 2 amide bonds. The first-order chi connectivity index (χ1) is 12.3. The van der Waals surface area contributed by atoms with Gasteiger partial charge in [-0.2, -0.15) is 0 Å². The summed E-state index contributed by atoms with van der Waals surface area (Å²) in [5, 5.41) is 5.58. The molecule has 2 aromatic rings. The van der Waals surface area contributed by atoms with Crippen LogP contribution in [0.1, 0.15) is 20.8 Å². The zero-order valence-electron chi connectivity index (χ0n) is 15.5. The molecule has 2 N–H and O–H groups in total. The van der Waals surface area contributed by atoms with Gasteiger partial charge in [-0.15, -0.1) is 0 Å². The van der Waals surface area contributed by atoms with Gasteiger partial charge in [0.05, 0.1) is 7.11 Å². The Morgan fingerprint density at radius 1 is 0.923 bits per heavy atom. The minimum Gasteiger partial charge on any atom is -0.497 e. The summed E-state index contributed by atoms with van der Waals surface area (Å²) < 4.78 is 10.5. The van der Waals surface area contributed by atoms with Gasteiger partial charge in [0.1, 0.15) is 11.5 Å². The molecule has 6 heteroatoms. The van der Waals surface area contributed by atoms with Crippen LogP contribution in [0, 0.1) is 5.41 Å². The monoisotopic (exact) mass is 356 g/mol. The van der Waals surface area contributed by atoms with Crippen LogP contribution in [0.4, 0.5) is 11.4 Å². The van der Waals surface area contributed by atoms with Gasteiger partial charge in [0, 0.05) is 16.8 Å². The minimum absolute atomic E-state index is 0.0937. The van der Waals surface area contributed by atoms with E-state index in [2.05, 4.69) is 10.6 Å². The normalized spacial score (nSPS) is 10.8. The van der Waals surface area contributed by atoms with Gasteiger partial charge < -0.3 is 20.1 Å². The van der Waals surface area contributed by atoms with Crippen LogP contribution in [0.5, 0.6) is 11.5 Å². The number of amides is 2. The summed E-state index contributed by atoms with van der Waals surface area (Å²) in [6.45, 7) is 5.39. The number of rotatable bonds is 6. The maximum atomic E-state index is 12.1. The van der Waals surface area contributed by atoms with Crippen LogP contribution in [0.2, 0.25) is 0 Å². The van der Waals surface area contributed by atoms with Crippen LogP contribution in [0.25, 0.3) is 0 Å². The second-order valence-electron chi connectivity index (χ2n) is 6.80. The van der Waals surface area contributed by atoms with Crippen molar-refractivity contribution in [2.45, 2.75) is 20.8 Å². The molecule has 138 valence electrons. The Morgan fingerprint density at radius 2 is 1.50 bits per heavy atom. The Morgan fingerprint density at radius 3 is 2.08 bits per heavy atom. The van der Waals surface area contributed by atoms with Crippen molar-refractivity contribution in [3.8, 4) is 11.5 Å². The fourth-order valence-electron chi connectivity index (χ4n) is 2.01. The van der Waals surface area contributed by atoms with Crippen LogP contribution in [0.15, 0.2) is 48.5 Å². The zero-order chi connectivity index (χ0) is 19.2. The lowest BCUT2D eigenvalue weighted by molar-refractivity contribution is -0.123. The third-order valence-electron chi connectivity index (χ3n) is 3.51. The minimum atomic E-state index is -0.495. The Bertz CT molecular complexity index is 764. The van der Waals surface area contributed by atoms with E-state index in [0.29, 0.717) is 17.1 Å². The lowest BCUT2D eigenvalue weighted by atomic mass is 9.95. The predicted octanol–water partition coefficient (Wildman–Crippen LogP) is 3.70. The lowest BCUT2D eigenvalue weighted by Crippen LogP contribution is -2.27. The van der Waals surface area contributed by atoms with Gasteiger partial charge in [0.25, 0.3) is 5.91 Å². The first-order valence-electron chi connectivity index (χ1n) is 8.26. The van der Waals surface area contributed by atoms with Gasteiger partial charge in [-0.3, -0.25) is 9.59 Å². The largest absolute Gasteiger partial charge is 0.497 e. The summed E-state index contributed by atoms with van der Waals surface area (Å²) in [5.74, 6) is 0.909. The fourth-order valence-corrected chi connectivity index (χ4v) is 2.01. The second kappa shape index (κ2) is 8.38. The van der Waals surface area contributed by atoms with Crippen molar-refractivity contribution >= 4 is 23.2 Å². The quantitative estimate of drug-likeness (QED) is 0.827. The number of hydrogen-bond acceptors (Lipinski definition) is 4. The van der Waals surface area contributed by atoms with Gasteiger partial charge in [0.2, 0.25) is 5.91 Å². The zero-order valence-corrected chi connectivity index (χ0v) is 15.5. The topological polar surface area (TPSA) is 76.7 Å². The number of carbonyl (C=O) groups is 2. The molecule has 0 aliphatic rings. The van der Waals surface area contributed by atoms with Crippen molar-refractivity contribution in [3.63, 3.8) is 0 Å². The number of benzene rings is 2. The summed E-state index contributed by atoms with van der Waals surface area (Å²) in [6.07, 6.45) is 0. The van der Waals surface area contributed by atoms with Crippen LogP contribution in [-0.4, -0.2) is 25.5 Å². The first-order valence-corrected chi connectivity index (χ1v) is 8.26. The summed E-state index contributed by atoms with van der Waals surface area (Å²) in [5.41, 5.74) is 0.713. The molecule has 0 bridgehead atoms. The highest BCUT2D eigenvalue weighted by atomic mass is 16.5. The molecule has 0 radical (unpaired) electrons. The molecule has 0 aromatic heterocycles. The lowest BCUT2D eigenvalue weighted by Gasteiger charge is -2.18. The van der Waals surface area contributed by atoms with E-state index in [9.17, 15) is 9.59 Å². The SMILES string of the molecule is COc1ccc(OCC(=O)Nc2cccc(NC(=O)C(C)(C)C)c2)cc1. The maximum absolute atomic E-state index is 12.1. The predicted molar refractivity (Wildman–Crippen MR) is 102 cm³/mol. The van der Waals surface area contributed by atoms with Gasteiger partial charge >= 0.3 is 0 Å². The molecule has 2 aromatic carbocycles. The number of carbonyl (C=O) groups excluding carboxylic acids is 2. The average molecular weight is 356 g/mol. The molecule has 6 nitrogen and oxygen atoms in total. The van der Waals surface area contributed by atoms with Crippen LogP contribution < -0.4 is 20.1 Å². The van der Waals surface area contributed by atoms with Crippen LogP contribution in [-0.2, 0) is 9.59 Å². The molecule has 2 rings (SSSR count). The van der Waals surface area contributed by atoms with E-state index >= 15 is 0 Å². The Kier molecular flexibility index (Phi) is 6.22. The van der Waals surface area contributed by atoms with Crippen LogP contribution in [0.3, 0.4) is 0 Å². The van der Waals surface area contributed by atoms with E-state index in [1.165, 1.54) is 0 Å². The van der Waals surface area contributed by atoms with Crippen LogP contribution >= 0.6 is 0 Å². The molecule has 26 heavy (non-hydrogen) atoms. The standard InChI is InChI=1S/C20H24N2O4/c1-20(2,3)19(24)22-15-7-5-6-14(12-15)21-18(23)13-26-17-10-8-16(25-4)9-11-17/h5-12H,13H2,1-4H3,(H,21,23)(H,22,24). The van der Waals surface area contributed by atoms with E-state index in [1.54, 1.807) is 55.6 Å². The average Bonchev–Trinajstić information content (AvgIpc) is 2.60. The van der Waals surface area contributed by atoms with E-state index in [0.717, 1.165) is 5.75 Å². The molecule has 0 aliphatic heterocycles. The van der Waals surface area contributed by atoms with E-state index in [4.69, 9.17) is 9.47 Å². The molecule has 0 atom stereocenters. The smallest absolute Gasteiger partial charge is 0.262 e. The summed E-state index contributed by atoms with van der Waals surface area (Å²) >= 11 is 0. The second-order valence-corrected chi connectivity index (χ2v) is 6.80. The van der Waals surface area contributed by atoms with Gasteiger partial charge in [-0.05, 0) is 42.5 Å². The molecular formula is C20H24N2O4. The molecule has 0 fully saturated rings. The third kappa shape index (κ3) is 5.81. The highest BCUT2D eigenvalue weighted by Crippen LogP contribution is 2.20. The molecule has 0 saturated heterocycles. The number of methoxy groups -OCH3 is 1. The van der Waals surface area contributed by atoms with Crippen molar-refractivity contribution in [2.24, 2.45) is 5.41 Å². The molecule has 0 saturated carbocycles. The highest BCUT2D eigenvalue weighted by molar-refractivity contribution is 5.96. The number of anilines is 2. The Labute approximate surface area is 153 Å². The van der Waals surface area contributed by atoms with E-state index in [-0.39, 0.29) is 18.4 Å². The number of nitrogens with one attached hydrogen (secondary N) is 2. The summed E-state index contributed by atoms with van der Waals surface area (Å²) in [7, 11) is 1.58. The molecule has 0 aliphatic carbocycles. The molecule has 0 unspecified atom stereocenters. The van der Waals surface area contributed by atoms with Crippen molar-refractivity contribution in [1.29, 1.82) is 0 Å². The molecule has 0 heterocycles. The van der Waals surface area contributed by atoms with Gasteiger partial charge in [-0.25, -0.2) is 0 Å². The summed E-state index contributed by atoms with van der Waals surface area (Å²) in [4.78, 5) is 24.1. The third-order valence-corrected chi connectivity index (χ3v) is 3.51. The van der Waals surface area contributed by atoms with E-state index in [1.807, 2.05) is 20.8 Å². The van der Waals surface area contributed by atoms with Crippen molar-refractivity contribution in [1.82, 2.24) is 0 Å². The van der Waals surface area contributed by atoms with Gasteiger partial charge in [-0.1, -0.05) is 26.8 Å². The van der Waals surface area contributed by atoms with Crippen molar-refractivity contribution in [3.05, 3.63) is 48.5 Å². The Balaban J connectivity index is 1.90. The number of hydrogen-bond donors (Lipinski definition) is 2. The highest BCUT2D eigenvalue weighted by Gasteiger charge is 2.21. The van der Waals surface area contributed by atoms with E-state index < -0.39 is 5.41 Å². The fraction of sp³-hybridized carbons (Fsp3) is 0.300. The molecular weight excluding hydrogens is 332 g/mol.